The summed E-state index contributed by atoms with van der Waals surface area (Å²) in [5.74, 6) is 0.980. The Balaban J connectivity index is 1.62. The van der Waals surface area contributed by atoms with Crippen LogP contribution in [0.3, 0.4) is 0 Å². The molecule has 3 aromatic rings. The smallest absolute Gasteiger partial charge is 0.247 e. The van der Waals surface area contributed by atoms with Crippen molar-refractivity contribution in [1.29, 1.82) is 0 Å². The zero-order chi connectivity index (χ0) is 27.3. The number of nitrogens with one attached hydrogen (secondary N) is 1. The number of aromatic nitrogens is 4. The second-order valence-corrected chi connectivity index (χ2v) is 10.6. The van der Waals surface area contributed by atoms with E-state index in [9.17, 15) is 9.59 Å². The van der Waals surface area contributed by atoms with Crippen LogP contribution in [0.15, 0.2) is 40.8 Å². The molecule has 2 aromatic heterocycles. The van der Waals surface area contributed by atoms with Crippen LogP contribution in [0, 0.1) is 13.8 Å². The van der Waals surface area contributed by atoms with Crippen molar-refractivity contribution >= 4 is 11.8 Å². The molecule has 1 N–H and O–H groups in total. The van der Waals surface area contributed by atoms with Crippen molar-refractivity contribution in [3.63, 3.8) is 0 Å². The van der Waals surface area contributed by atoms with Gasteiger partial charge in [0.25, 0.3) is 0 Å². The molecule has 1 aliphatic heterocycles. The standard InChI is InChI=1S/C27H37N7O4/c1-19-6-9-21(10-7-19)24(26(36)28-27(3,4)5)33(13-12-32-14-16-37-17-15-32)23(35)18-34-30-25(29-31-34)22-11-8-20(2)38-22/h6-11,24H,12-18H2,1-5H3,(H,28,36). The highest BCUT2D eigenvalue weighted by atomic mass is 16.5. The largest absolute Gasteiger partial charge is 0.458 e. The minimum absolute atomic E-state index is 0.166. The first-order valence-corrected chi connectivity index (χ1v) is 12.9. The van der Waals surface area contributed by atoms with E-state index in [1.165, 1.54) is 4.80 Å². The summed E-state index contributed by atoms with van der Waals surface area (Å²) in [4.78, 5) is 32.6. The van der Waals surface area contributed by atoms with Gasteiger partial charge < -0.3 is 19.4 Å². The normalized spacial score (nSPS) is 15.3. The molecule has 11 heteroatoms. The summed E-state index contributed by atoms with van der Waals surface area (Å²) in [5, 5.41) is 15.5. The number of carbonyl (C=O) groups excluding carboxylic acids is 2. The molecule has 1 unspecified atom stereocenters. The molecule has 38 heavy (non-hydrogen) atoms. The van der Waals surface area contributed by atoms with Crippen molar-refractivity contribution in [3.8, 4) is 11.6 Å². The van der Waals surface area contributed by atoms with E-state index in [0.29, 0.717) is 37.9 Å². The Labute approximate surface area is 223 Å². The van der Waals surface area contributed by atoms with Crippen LogP contribution in [-0.4, -0.2) is 86.8 Å². The molecule has 0 aliphatic carbocycles. The number of hydrogen-bond donors (Lipinski definition) is 1. The summed E-state index contributed by atoms with van der Waals surface area (Å²) in [6.07, 6.45) is 0. The van der Waals surface area contributed by atoms with Gasteiger partial charge in [0, 0.05) is 31.7 Å². The number of tetrazole rings is 1. The van der Waals surface area contributed by atoms with Gasteiger partial charge in [-0.3, -0.25) is 14.5 Å². The number of rotatable bonds is 9. The van der Waals surface area contributed by atoms with Gasteiger partial charge >= 0.3 is 0 Å². The predicted molar refractivity (Wildman–Crippen MR) is 141 cm³/mol. The third kappa shape index (κ3) is 7.26. The fraction of sp³-hybridized carbons (Fsp3) is 0.519. The van der Waals surface area contributed by atoms with Gasteiger partial charge in [-0.25, -0.2) is 0 Å². The number of hydrogen-bond acceptors (Lipinski definition) is 8. The zero-order valence-electron chi connectivity index (χ0n) is 22.8. The molecule has 1 saturated heterocycles. The quantitative estimate of drug-likeness (QED) is 0.454. The van der Waals surface area contributed by atoms with Gasteiger partial charge in [-0.1, -0.05) is 29.8 Å². The van der Waals surface area contributed by atoms with Crippen molar-refractivity contribution in [2.24, 2.45) is 0 Å². The number of amides is 2. The molecule has 11 nitrogen and oxygen atoms in total. The SMILES string of the molecule is Cc1ccc(C(C(=O)NC(C)(C)C)N(CCN2CCOCC2)C(=O)Cn2nnc(-c3ccc(C)o3)n2)cc1. The Bertz CT molecular complexity index is 1220. The highest BCUT2D eigenvalue weighted by Gasteiger charge is 2.34. The predicted octanol–water partition coefficient (Wildman–Crippen LogP) is 2.37. The first kappa shape index (κ1) is 27.5. The van der Waals surface area contributed by atoms with E-state index in [4.69, 9.17) is 9.15 Å². The maximum atomic E-state index is 13.8. The lowest BCUT2D eigenvalue weighted by atomic mass is 10.0. The third-order valence-corrected chi connectivity index (χ3v) is 6.22. The summed E-state index contributed by atoms with van der Waals surface area (Å²) in [6.45, 7) is 13.3. The molecule has 0 bridgehead atoms. The summed E-state index contributed by atoms with van der Waals surface area (Å²) < 4.78 is 11.1. The van der Waals surface area contributed by atoms with Crippen molar-refractivity contribution in [2.75, 3.05) is 39.4 Å². The van der Waals surface area contributed by atoms with E-state index in [2.05, 4.69) is 25.6 Å². The van der Waals surface area contributed by atoms with Crippen LogP contribution >= 0.6 is 0 Å². The van der Waals surface area contributed by atoms with Crippen LogP contribution in [0.2, 0.25) is 0 Å². The van der Waals surface area contributed by atoms with Gasteiger partial charge in [0.05, 0.1) is 13.2 Å². The Morgan fingerprint density at radius 2 is 1.79 bits per heavy atom. The van der Waals surface area contributed by atoms with Crippen molar-refractivity contribution in [2.45, 2.75) is 52.7 Å². The van der Waals surface area contributed by atoms with E-state index >= 15 is 0 Å². The molecule has 0 spiro atoms. The van der Waals surface area contributed by atoms with E-state index in [-0.39, 0.29) is 18.4 Å². The molecule has 0 radical (unpaired) electrons. The molecule has 4 rings (SSSR count). The van der Waals surface area contributed by atoms with E-state index in [1.54, 1.807) is 11.0 Å². The maximum absolute atomic E-state index is 13.8. The Morgan fingerprint density at radius 1 is 1.08 bits per heavy atom. The summed E-state index contributed by atoms with van der Waals surface area (Å²) >= 11 is 0. The number of ether oxygens (including phenoxy) is 1. The number of morpholine rings is 1. The summed E-state index contributed by atoms with van der Waals surface area (Å²) in [5.41, 5.74) is 1.34. The molecular formula is C27H37N7O4. The molecule has 3 heterocycles. The lowest BCUT2D eigenvalue weighted by Gasteiger charge is -2.35. The monoisotopic (exact) mass is 523 g/mol. The molecule has 204 valence electrons. The summed E-state index contributed by atoms with van der Waals surface area (Å²) in [6, 6.07) is 10.5. The molecule has 1 atom stereocenters. The van der Waals surface area contributed by atoms with Gasteiger partial charge in [-0.15, -0.1) is 10.2 Å². The van der Waals surface area contributed by atoms with Gasteiger partial charge in [0.2, 0.25) is 17.6 Å². The zero-order valence-corrected chi connectivity index (χ0v) is 22.8. The number of aryl methyl sites for hydroxylation is 2. The van der Waals surface area contributed by atoms with Crippen molar-refractivity contribution < 1.29 is 18.7 Å². The molecule has 1 aromatic carbocycles. The van der Waals surface area contributed by atoms with Gasteiger partial charge in [-0.2, -0.15) is 4.80 Å². The fourth-order valence-corrected chi connectivity index (χ4v) is 4.31. The van der Waals surface area contributed by atoms with E-state index < -0.39 is 11.6 Å². The van der Waals surface area contributed by atoms with Crippen LogP contribution < -0.4 is 5.32 Å². The lowest BCUT2D eigenvalue weighted by Crippen LogP contribution is -2.52. The van der Waals surface area contributed by atoms with Crippen molar-refractivity contribution in [1.82, 2.24) is 35.3 Å². The van der Waals surface area contributed by atoms with Crippen LogP contribution in [-0.2, 0) is 20.9 Å². The Morgan fingerprint density at radius 3 is 2.42 bits per heavy atom. The molecule has 0 saturated carbocycles. The van der Waals surface area contributed by atoms with Crippen LogP contribution in [0.25, 0.3) is 11.6 Å². The fourth-order valence-electron chi connectivity index (χ4n) is 4.31. The second kappa shape index (κ2) is 11.9. The third-order valence-electron chi connectivity index (χ3n) is 6.22. The van der Waals surface area contributed by atoms with Crippen molar-refractivity contribution in [3.05, 3.63) is 53.3 Å². The van der Waals surface area contributed by atoms with Gasteiger partial charge in [-0.05, 0) is 57.5 Å². The molecular weight excluding hydrogens is 486 g/mol. The molecule has 2 amide bonds. The average Bonchev–Trinajstić information content (AvgIpc) is 3.51. The van der Waals surface area contributed by atoms with Gasteiger partial charge in [0.1, 0.15) is 18.3 Å². The number of furan rings is 1. The molecule has 1 fully saturated rings. The lowest BCUT2D eigenvalue weighted by molar-refractivity contribution is -0.142. The van der Waals surface area contributed by atoms with E-state index in [0.717, 1.165) is 30.0 Å². The summed E-state index contributed by atoms with van der Waals surface area (Å²) in [7, 11) is 0. The van der Waals surface area contributed by atoms with Gasteiger partial charge in [0.15, 0.2) is 5.76 Å². The highest BCUT2D eigenvalue weighted by molar-refractivity contribution is 5.89. The first-order valence-electron chi connectivity index (χ1n) is 12.9. The number of benzene rings is 1. The average molecular weight is 524 g/mol. The minimum atomic E-state index is -0.820. The Kier molecular flexibility index (Phi) is 8.58. The maximum Gasteiger partial charge on any atom is 0.247 e. The van der Waals surface area contributed by atoms with Crippen LogP contribution in [0.1, 0.15) is 43.7 Å². The number of carbonyl (C=O) groups is 2. The van der Waals surface area contributed by atoms with E-state index in [1.807, 2.05) is 65.0 Å². The molecule has 1 aliphatic rings. The second-order valence-electron chi connectivity index (χ2n) is 10.6. The topological polar surface area (TPSA) is 119 Å². The minimum Gasteiger partial charge on any atom is -0.458 e. The Hall–Kier alpha value is -3.57. The van der Waals surface area contributed by atoms with Crippen LogP contribution in [0.5, 0.6) is 0 Å². The number of nitrogens with zero attached hydrogens (tertiary/aromatic N) is 6. The highest BCUT2D eigenvalue weighted by Crippen LogP contribution is 2.24. The first-order chi connectivity index (χ1) is 18.1. The van der Waals surface area contributed by atoms with Crippen LogP contribution in [0.4, 0.5) is 0 Å².